The van der Waals surface area contributed by atoms with Crippen LogP contribution in [0.1, 0.15) is 52.1 Å². The maximum atomic E-state index is 12.8. The van der Waals surface area contributed by atoms with Crippen LogP contribution in [0.4, 0.5) is 0 Å². The molecule has 0 saturated carbocycles. The van der Waals surface area contributed by atoms with Gasteiger partial charge in [-0.2, -0.15) is 0 Å². The zero-order valence-corrected chi connectivity index (χ0v) is 21.7. The highest BCUT2D eigenvalue weighted by atomic mass is 79.9. The van der Waals surface area contributed by atoms with Crippen LogP contribution in [0.15, 0.2) is 76.1 Å². The number of halogens is 1. The zero-order chi connectivity index (χ0) is 25.8. The van der Waals surface area contributed by atoms with Crippen molar-refractivity contribution in [1.82, 2.24) is 10.3 Å². The van der Waals surface area contributed by atoms with Crippen molar-refractivity contribution in [3.05, 3.63) is 104 Å². The summed E-state index contributed by atoms with van der Waals surface area (Å²) in [5.41, 5.74) is 4.65. The van der Waals surface area contributed by atoms with Gasteiger partial charge >= 0.3 is 5.97 Å². The Bertz CT molecular complexity index is 1470. The molecule has 6 nitrogen and oxygen atoms in total. The van der Waals surface area contributed by atoms with Crippen LogP contribution in [0.2, 0.25) is 0 Å². The minimum atomic E-state index is -1.27. The third-order valence-corrected chi connectivity index (χ3v) is 7.27. The average Bonchev–Trinajstić information content (AvgIpc) is 2.88. The van der Waals surface area contributed by atoms with Crippen LogP contribution in [0.5, 0.6) is 0 Å². The van der Waals surface area contributed by atoms with Gasteiger partial charge in [0.05, 0.1) is 10.9 Å². The Morgan fingerprint density at radius 3 is 2.25 bits per heavy atom. The lowest BCUT2D eigenvalue weighted by atomic mass is 10.0. The van der Waals surface area contributed by atoms with Crippen LogP contribution in [-0.2, 0) is 12.8 Å². The van der Waals surface area contributed by atoms with E-state index in [0.717, 1.165) is 23.1 Å². The van der Waals surface area contributed by atoms with Gasteiger partial charge in [-0.15, -0.1) is 0 Å². The molecule has 184 valence electrons. The minimum absolute atomic E-state index is 0.106. The van der Waals surface area contributed by atoms with Crippen LogP contribution in [0.3, 0.4) is 0 Å². The molecular weight excluding hydrogens is 520 g/mol. The van der Waals surface area contributed by atoms with E-state index in [0.29, 0.717) is 33.8 Å². The summed E-state index contributed by atoms with van der Waals surface area (Å²) in [7, 11) is 0. The summed E-state index contributed by atoms with van der Waals surface area (Å²) < 4.78 is 0.574. The van der Waals surface area contributed by atoms with Gasteiger partial charge in [0.25, 0.3) is 5.91 Å². The van der Waals surface area contributed by atoms with Gasteiger partial charge in [0, 0.05) is 22.3 Å². The molecular formula is C29H27BrN2O4. The van der Waals surface area contributed by atoms with Crippen molar-refractivity contribution in [3.8, 4) is 11.1 Å². The summed E-state index contributed by atoms with van der Waals surface area (Å²) in [5, 5.41) is 12.6. The van der Waals surface area contributed by atoms with Gasteiger partial charge in [-0.3, -0.25) is 9.59 Å². The number of pyridine rings is 1. The molecule has 0 fully saturated rings. The Labute approximate surface area is 217 Å². The van der Waals surface area contributed by atoms with Crippen molar-refractivity contribution in [2.75, 3.05) is 0 Å². The number of carbonyl (C=O) groups excluding carboxylic acids is 1. The minimum Gasteiger partial charge on any atom is -0.477 e. The topological polar surface area (TPSA) is 99.3 Å². The van der Waals surface area contributed by atoms with E-state index in [4.69, 9.17) is 0 Å². The molecule has 3 N–H and O–H groups in total. The van der Waals surface area contributed by atoms with E-state index in [1.165, 1.54) is 11.8 Å². The maximum Gasteiger partial charge on any atom is 0.341 e. The molecule has 0 saturated heterocycles. The van der Waals surface area contributed by atoms with Crippen molar-refractivity contribution in [2.24, 2.45) is 0 Å². The van der Waals surface area contributed by atoms with Crippen molar-refractivity contribution in [3.63, 3.8) is 0 Å². The number of benzene rings is 3. The molecule has 3 aromatic carbocycles. The summed E-state index contributed by atoms with van der Waals surface area (Å²) in [6.45, 7) is 4.06. The number of aromatic amines is 1. The van der Waals surface area contributed by atoms with Gasteiger partial charge in [0.1, 0.15) is 5.56 Å². The molecule has 1 aromatic heterocycles. The number of carboxylic acids is 1. The molecule has 36 heavy (non-hydrogen) atoms. The number of aryl methyl sites for hydroxylation is 2. The number of nitrogens with one attached hydrogen (secondary N) is 2. The van der Waals surface area contributed by atoms with Crippen LogP contribution in [0.25, 0.3) is 22.0 Å². The fraction of sp³-hybridized carbons (Fsp3) is 0.207. The van der Waals surface area contributed by atoms with Gasteiger partial charge in [-0.1, -0.05) is 49.4 Å². The third kappa shape index (κ3) is 5.41. The Morgan fingerprint density at radius 2 is 1.64 bits per heavy atom. The number of hydrogen-bond acceptors (Lipinski definition) is 3. The van der Waals surface area contributed by atoms with E-state index in [1.807, 2.05) is 37.3 Å². The predicted octanol–water partition coefficient (Wildman–Crippen LogP) is 5.97. The molecule has 1 atom stereocenters. The predicted molar refractivity (Wildman–Crippen MR) is 146 cm³/mol. The van der Waals surface area contributed by atoms with Crippen molar-refractivity contribution in [1.29, 1.82) is 0 Å². The molecule has 7 heteroatoms. The number of rotatable bonds is 8. The van der Waals surface area contributed by atoms with Gasteiger partial charge in [0.15, 0.2) is 0 Å². The number of fused-ring (bicyclic) bond motifs is 1. The van der Waals surface area contributed by atoms with Crippen LogP contribution in [0, 0.1) is 0 Å². The van der Waals surface area contributed by atoms with Gasteiger partial charge in [-0.05, 0) is 82.6 Å². The number of hydrogen-bond donors (Lipinski definition) is 3. The monoisotopic (exact) mass is 546 g/mol. The van der Waals surface area contributed by atoms with Gasteiger partial charge in [0.2, 0.25) is 5.43 Å². The lowest BCUT2D eigenvalue weighted by Gasteiger charge is -2.15. The van der Waals surface area contributed by atoms with E-state index >= 15 is 0 Å². The lowest BCUT2D eigenvalue weighted by molar-refractivity contribution is 0.0695. The Kier molecular flexibility index (Phi) is 7.70. The van der Waals surface area contributed by atoms with E-state index < -0.39 is 11.4 Å². The van der Waals surface area contributed by atoms with Crippen molar-refractivity contribution < 1.29 is 14.7 Å². The third-order valence-electron chi connectivity index (χ3n) is 6.36. The molecule has 0 unspecified atom stereocenters. The normalized spacial score (nSPS) is 11.9. The molecule has 0 bridgehead atoms. The highest BCUT2D eigenvalue weighted by Crippen LogP contribution is 2.26. The molecule has 0 aliphatic carbocycles. The number of carboxylic acid groups (broad SMARTS) is 1. The first-order valence-corrected chi connectivity index (χ1v) is 12.6. The molecule has 0 aliphatic rings. The number of aromatic nitrogens is 1. The summed E-state index contributed by atoms with van der Waals surface area (Å²) >= 11 is 3.49. The summed E-state index contributed by atoms with van der Waals surface area (Å²) in [4.78, 5) is 39.6. The molecule has 0 radical (unpaired) electrons. The SMILES string of the molecule is CCc1ccc(-c2ccc(C(=O)N[C@@H](C)CCc3ccc4[nH]cc(C(=O)O)c(=O)c4c3Br)cc2)cc1. The zero-order valence-electron chi connectivity index (χ0n) is 20.1. The molecule has 4 rings (SSSR count). The lowest BCUT2D eigenvalue weighted by Crippen LogP contribution is -2.32. The Balaban J connectivity index is 1.41. The molecule has 0 spiro atoms. The van der Waals surface area contributed by atoms with Gasteiger partial charge < -0.3 is 15.4 Å². The Hall–Kier alpha value is -3.71. The number of H-pyrrole nitrogens is 1. The second-order valence-electron chi connectivity index (χ2n) is 8.84. The fourth-order valence-corrected chi connectivity index (χ4v) is 4.89. The van der Waals surface area contributed by atoms with Crippen molar-refractivity contribution >= 4 is 38.7 Å². The molecule has 1 heterocycles. The van der Waals surface area contributed by atoms with Crippen LogP contribution in [-0.4, -0.2) is 28.0 Å². The largest absolute Gasteiger partial charge is 0.477 e. The summed E-state index contributed by atoms with van der Waals surface area (Å²) in [6.07, 6.45) is 3.46. The number of aromatic carboxylic acids is 1. The van der Waals surface area contributed by atoms with Crippen LogP contribution >= 0.6 is 15.9 Å². The van der Waals surface area contributed by atoms with Crippen molar-refractivity contribution in [2.45, 2.75) is 39.2 Å². The second kappa shape index (κ2) is 10.9. The van der Waals surface area contributed by atoms with E-state index in [1.54, 1.807) is 6.07 Å². The van der Waals surface area contributed by atoms with E-state index in [-0.39, 0.29) is 17.5 Å². The molecule has 0 aliphatic heterocycles. The Morgan fingerprint density at radius 1 is 1.00 bits per heavy atom. The molecule has 4 aromatic rings. The van der Waals surface area contributed by atoms with E-state index in [9.17, 15) is 19.5 Å². The number of amides is 1. The summed E-state index contributed by atoms with van der Waals surface area (Å²) in [6, 6.07) is 19.5. The first kappa shape index (κ1) is 25.4. The van der Waals surface area contributed by atoms with E-state index in [2.05, 4.69) is 57.4 Å². The standard InChI is InChI=1S/C29H27BrN2O4/c1-3-18-5-8-19(9-6-18)20-10-12-22(13-11-20)28(34)32-17(2)4-7-21-14-15-24-25(26(21)30)27(33)23(16-31-24)29(35)36/h5-6,8-17H,3-4,7H2,1-2H3,(H,31,33)(H,32,34)(H,35,36)/t17-/m0/s1. The summed E-state index contributed by atoms with van der Waals surface area (Å²) in [5.74, 6) is -1.41. The first-order chi connectivity index (χ1) is 17.3. The highest BCUT2D eigenvalue weighted by molar-refractivity contribution is 9.10. The van der Waals surface area contributed by atoms with Crippen LogP contribution < -0.4 is 10.7 Å². The molecule has 1 amide bonds. The maximum absolute atomic E-state index is 12.8. The highest BCUT2D eigenvalue weighted by Gasteiger charge is 2.16. The van der Waals surface area contributed by atoms with Gasteiger partial charge in [-0.25, -0.2) is 4.79 Å². The first-order valence-electron chi connectivity index (χ1n) is 11.8. The number of carbonyl (C=O) groups is 2. The fourth-order valence-electron chi connectivity index (χ4n) is 4.16. The quantitative estimate of drug-likeness (QED) is 0.253. The second-order valence-corrected chi connectivity index (χ2v) is 9.63. The average molecular weight is 547 g/mol. The smallest absolute Gasteiger partial charge is 0.341 e.